The standard InChI is InChI=1S/C14H18F3NO2S/c1-10-3-2-4-11(10)9-18-12-5-7-13(8-6-12)21(19,20)14(15,16)17/h5-8,10-11,18H,2-4,9H2,1H3. The molecular formula is C14H18F3NO2S. The number of anilines is 1. The maximum atomic E-state index is 12.4. The third-order valence-electron chi connectivity index (χ3n) is 4.08. The van der Waals surface area contributed by atoms with Crippen LogP contribution in [0.15, 0.2) is 29.2 Å². The van der Waals surface area contributed by atoms with Crippen LogP contribution in [0, 0.1) is 11.8 Å². The van der Waals surface area contributed by atoms with Gasteiger partial charge in [-0.25, -0.2) is 8.42 Å². The van der Waals surface area contributed by atoms with Gasteiger partial charge in [0, 0.05) is 12.2 Å². The van der Waals surface area contributed by atoms with Crippen LogP contribution >= 0.6 is 0 Å². The van der Waals surface area contributed by atoms with Crippen molar-refractivity contribution in [2.24, 2.45) is 11.8 Å². The predicted octanol–water partition coefficient (Wildman–Crippen LogP) is 3.83. The molecule has 2 unspecified atom stereocenters. The van der Waals surface area contributed by atoms with E-state index in [9.17, 15) is 21.6 Å². The lowest BCUT2D eigenvalue weighted by Crippen LogP contribution is -2.23. The van der Waals surface area contributed by atoms with Gasteiger partial charge in [-0.15, -0.1) is 0 Å². The Hall–Kier alpha value is -1.24. The molecule has 1 aliphatic rings. The highest BCUT2D eigenvalue weighted by Gasteiger charge is 2.46. The molecule has 7 heteroatoms. The molecule has 1 fully saturated rings. The summed E-state index contributed by atoms with van der Waals surface area (Å²) in [6, 6.07) is 4.73. The number of sulfone groups is 1. The molecular weight excluding hydrogens is 303 g/mol. The average Bonchev–Trinajstić information content (AvgIpc) is 2.81. The van der Waals surface area contributed by atoms with Gasteiger partial charge in [0.05, 0.1) is 4.90 Å². The first-order valence-corrected chi connectivity index (χ1v) is 8.35. The molecule has 0 aliphatic heterocycles. The van der Waals surface area contributed by atoms with Crippen LogP contribution in [-0.4, -0.2) is 20.5 Å². The van der Waals surface area contributed by atoms with Gasteiger partial charge < -0.3 is 5.32 Å². The molecule has 0 saturated heterocycles. The summed E-state index contributed by atoms with van der Waals surface area (Å²) in [6.07, 6.45) is 3.56. The fourth-order valence-electron chi connectivity index (χ4n) is 2.66. The van der Waals surface area contributed by atoms with Gasteiger partial charge in [-0.05, 0) is 42.5 Å². The van der Waals surface area contributed by atoms with Crippen molar-refractivity contribution < 1.29 is 21.6 Å². The third kappa shape index (κ3) is 3.51. The zero-order valence-corrected chi connectivity index (χ0v) is 12.5. The quantitative estimate of drug-likeness (QED) is 0.917. The number of benzene rings is 1. The molecule has 1 aromatic carbocycles. The van der Waals surface area contributed by atoms with Crippen molar-refractivity contribution in [2.45, 2.75) is 36.6 Å². The van der Waals surface area contributed by atoms with E-state index < -0.39 is 20.2 Å². The third-order valence-corrected chi connectivity index (χ3v) is 5.58. The molecule has 21 heavy (non-hydrogen) atoms. The zero-order chi connectivity index (χ0) is 15.7. The fourth-order valence-corrected chi connectivity index (χ4v) is 3.42. The number of rotatable bonds is 4. The summed E-state index contributed by atoms with van der Waals surface area (Å²) in [6.45, 7) is 2.95. The average molecular weight is 321 g/mol. The Morgan fingerprint density at radius 2 is 1.81 bits per heavy atom. The lowest BCUT2D eigenvalue weighted by atomic mass is 9.98. The lowest BCUT2D eigenvalue weighted by Gasteiger charge is -2.17. The Morgan fingerprint density at radius 1 is 1.19 bits per heavy atom. The maximum absolute atomic E-state index is 12.4. The molecule has 0 amide bonds. The first-order valence-electron chi connectivity index (χ1n) is 6.87. The Kier molecular flexibility index (Phi) is 4.51. The van der Waals surface area contributed by atoms with Gasteiger partial charge in [0.1, 0.15) is 0 Å². The van der Waals surface area contributed by atoms with Gasteiger partial charge in [0.25, 0.3) is 9.84 Å². The summed E-state index contributed by atoms with van der Waals surface area (Å²) in [5.41, 5.74) is -4.63. The van der Waals surface area contributed by atoms with Crippen molar-refractivity contribution in [1.82, 2.24) is 0 Å². The van der Waals surface area contributed by atoms with E-state index in [0.717, 1.165) is 25.1 Å². The summed E-state index contributed by atoms with van der Waals surface area (Å²) in [7, 11) is -5.26. The van der Waals surface area contributed by atoms with Crippen molar-refractivity contribution in [3.05, 3.63) is 24.3 Å². The number of hydrogen-bond donors (Lipinski definition) is 1. The highest BCUT2D eigenvalue weighted by molar-refractivity contribution is 7.92. The van der Waals surface area contributed by atoms with Crippen LogP contribution < -0.4 is 5.32 Å². The molecule has 1 N–H and O–H groups in total. The Labute approximate surface area is 122 Å². The minimum Gasteiger partial charge on any atom is -0.385 e. The van der Waals surface area contributed by atoms with Gasteiger partial charge in [0.15, 0.2) is 0 Å². The minimum atomic E-state index is -5.26. The van der Waals surface area contributed by atoms with Crippen LogP contribution in [0.5, 0.6) is 0 Å². The fraction of sp³-hybridized carbons (Fsp3) is 0.571. The summed E-state index contributed by atoms with van der Waals surface area (Å²) >= 11 is 0. The molecule has 118 valence electrons. The zero-order valence-electron chi connectivity index (χ0n) is 11.7. The van der Waals surface area contributed by atoms with Gasteiger partial charge >= 0.3 is 5.51 Å². The topological polar surface area (TPSA) is 46.2 Å². The Balaban J connectivity index is 2.03. The summed E-state index contributed by atoms with van der Waals surface area (Å²) in [5.74, 6) is 1.20. The van der Waals surface area contributed by atoms with E-state index in [1.165, 1.54) is 25.0 Å². The normalized spacial score (nSPS) is 23.2. The van der Waals surface area contributed by atoms with E-state index in [0.29, 0.717) is 17.5 Å². The van der Waals surface area contributed by atoms with Crippen molar-refractivity contribution in [3.63, 3.8) is 0 Å². The van der Waals surface area contributed by atoms with Crippen molar-refractivity contribution in [2.75, 3.05) is 11.9 Å². The van der Waals surface area contributed by atoms with E-state index in [1.54, 1.807) is 0 Å². The van der Waals surface area contributed by atoms with Crippen LogP contribution in [0.25, 0.3) is 0 Å². The highest BCUT2D eigenvalue weighted by Crippen LogP contribution is 2.32. The molecule has 0 bridgehead atoms. The largest absolute Gasteiger partial charge is 0.501 e. The number of halogens is 3. The smallest absolute Gasteiger partial charge is 0.385 e. The van der Waals surface area contributed by atoms with E-state index in [-0.39, 0.29) is 0 Å². The van der Waals surface area contributed by atoms with Gasteiger partial charge in [-0.3, -0.25) is 0 Å². The van der Waals surface area contributed by atoms with E-state index >= 15 is 0 Å². The highest BCUT2D eigenvalue weighted by atomic mass is 32.2. The van der Waals surface area contributed by atoms with Crippen LogP contribution in [0.2, 0.25) is 0 Å². The summed E-state index contributed by atoms with van der Waals surface area (Å²) < 4.78 is 59.7. The molecule has 0 spiro atoms. The summed E-state index contributed by atoms with van der Waals surface area (Å²) in [5, 5.41) is 3.16. The van der Waals surface area contributed by atoms with Crippen molar-refractivity contribution >= 4 is 15.5 Å². The molecule has 1 aliphatic carbocycles. The molecule has 2 rings (SSSR count). The monoisotopic (exact) mass is 321 g/mol. The van der Waals surface area contributed by atoms with Crippen LogP contribution in [-0.2, 0) is 9.84 Å². The molecule has 1 saturated carbocycles. The van der Waals surface area contributed by atoms with Gasteiger partial charge in [-0.1, -0.05) is 19.8 Å². The number of alkyl halides is 3. The SMILES string of the molecule is CC1CCCC1CNc1ccc(S(=O)(=O)C(F)(F)F)cc1. The number of hydrogen-bond acceptors (Lipinski definition) is 3. The molecule has 1 aromatic rings. The second-order valence-corrected chi connectivity index (χ2v) is 7.46. The molecule has 0 heterocycles. The number of nitrogens with one attached hydrogen (secondary N) is 1. The molecule has 0 aromatic heterocycles. The Morgan fingerprint density at radius 3 is 2.29 bits per heavy atom. The van der Waals surface area contributed by atoms with E-state index in [4.69, 9.17) is 0 Å². The van der Waals surface area contributed by atoms with Crippen LogP contribution in [0.4, 0.5) is 18.9 Å². The second-order valence-electron chi connectivity index (χ2n) is 5.52. The molecule has 3 nitrogen and oxygen atoms in total. The first-order chi connectivity index (χ1) is 9.72. The maximum Gasteiger partial charge on any atom is 0.501 e. The van der Waals surface area contributed by atoms with E-state index in [1.807, 2.05) is 0 Å². The van der Waals surface area contributed by atoms with Crippen LogP contribution in [0.1, 0.15) is 26.2 Å². The van der Waals surface area contributed by atoms with Crippen LogP contribution in [0.3, 0.4) is 0 Å². The molecule has 0 radical (unpaired) electrons. The predicted molar refractivity (Wildman–Crippen MR) is 74.7 cm³/mol. The first kappa shape index (κ1) is 16.1. The van der Waals surface area contributed by atoms with E-state index in [2.05, 4.69) is 12.2 Å². The Bertz CT molecular complexity index is 581. The molecule has 2 atom stereocenters. The second kappa shape index (κ2) is 5.87. The lowest BCUT2D eigenvalue weighted by molar-refractivity contribution is -0.0436. The minimum absolute atomic E-state index is 0.559. The summed E-state index contributed by atoms with van der Waals surface area (Å²) in [4.78, 5) is -0.727. The van der Waals surface area contributed by atoms with Crippen molar-refractivity contribution in [3.8, 4) is 0 Å². The van der Waals surface area contributed by atoms with Gasteiger partial charge in [-0.2, -0.15) is 13.2 Å². The van der Waals surface area contributed by atoms with Crippen molar-refractivity contribution in [1.29, 1.82) is 0 Å². The van der Waals surface area contributed by atoms with Gasteiger partial charge in [0.2, 0.25) is 0 Å².